The van der Waals surface area contributed by atoms with Gasteiger partial charge in [-0.15, -0.1) is 0 Å². The highest BCUT2D eigenvalue weighted by molar-refractivity contribution is 5.88. The minimum Gasteiger partial charge on any atom is -0.495 e. The van der Waals surface area contributed by atoms with E-state index in [9.17, 15) is 0 Å². The van der Waals surface area contributed by atoms with Gasteiger partial charge in [0.25, 0.3) is 0 Å². The molecule has 1 aromatic carbocycles. The second-order valence-corrected chi connectivity index (χ2v) is 5.28. The maximum atomic E-state index is 5.40. The lowest BCUT2D eigenvalue weighted by atomic mass is 10.1. The van der Waals surface area contributed by atoms with E-state index >= 15 is 0 Å². The molecular weight excluding hydrogens is 248 g/mol. The van der Waals surface area contributed by atoms with Crippen molar-refractivity contribution in [3.63, 3.8) is 0 Å². The quantitative estimate of drug-likeness (QED) is 0.792. The maximum absolute atomic E-state index is 5.40. The van der Waals surface area contributed by atoms with Gasteiger partial charge in [-0.3, -0.25) is 0 Å². The van der Waals surface area contributed by atoms with Gasteiger partial charge in [-0.2, -0.15) is 0 Å². The highest BCUT2D eigenvalue weighted by Crippen LogP contribution is 2.27. The van der Waals surface area contributed by atoms with Crippen molar-refractivity contribution in [2.24, 2.45) is 0 Å². The summed E-state index contributed by atoms with van der Waals surface area (Å²) in [5.41, 5.74) is 2.52. The lowest BCUT2D eigenvalue weighted by molar-refractivity contribution is 0.278. The van der Waals surface area contributed by atoms with Gasteiger partial charge in [0.1, 0.15) is 5.75 Å². The summed E-state index contributed by atoms with van der Waals surface area (Å²) >= 11 is 0. The summed E-state index contributed by atoms with van der Waals surface area (Å²) in [4.78, 5) is 5.84. The number of ether oxygens (including phenoxy) is 1. The normalized spacial score (nSPS) is 11.4. The van der Waals surface area contributed by atoms with Gasteiger partial charge in [0, 0.05) is 18.1 Å². The van der Waals surface area contributed by atoms with Crippen molar-refractivity contribution in [2.75, 3.05) is 26.7 Å². The van der Waals surface area contributed by atoms with Gasteiger partial charge in [-0.1, -0.05) is 19.9 Å². The third-order valence-electron chi connectivity index (χ3n) is 3.77. The van der Waals surface area contributed by atoms with E-state index in [2.05, 4.69) is 41.9 Å². The van der Waals surface area contributed by atoms with Crippen LogP contribution in [0.1, 0.15) is 32.3 Å². The second-order valence-electron chi connectivity index (χ2n) is 5.28. The number of H-pyrrole nitrogens is 1. The molecule has 0 atom stereocenters. The SMILES string of the molecule is CCCN(CCC)CCc1ccc(OC)c2[nH]ccc12. The summed E-state index contributed by atoms with van der Waals surface area (Å²) in [6.45, 7) is 8.02. The molecule has 20 heavy (non-hydrogen) atoms. The number of aromatic amines is 1. The first kappa shape index (κ1) is 14.9. The van der Waals surface area contributed by atoms with Crippen molar-refractivity contribution >= 4 is 10.9 Å². The van der Waals surface area contributed by atoms with Crippen LogP contribution < -0.4 is 4.74 Å². The summed E-state index contributed by atoms with van der Waals surface area (Å²) in [6, 6.07) is 6.42. The summed E-state index contributed by atoms with van der Waals surface area (Å²) in [7, 11) is 1.72. The van der Waals surface area contributed by atoms with E-state index < -0.39 is 0 Å². The Hall–Kier alpha value is -1.48. The molecule has 0 fully saturated rings. The lowest BCUT2D eigenvalue weighted by Crippen LogP contribution is -2.27. The van der Waals surface area contributed by atoms with Crippen LogP contribution in [0.25, 0.3) is 10.9 Å². The highest BCUT2D eigenvalue weighted by atomic mass is 16.5. The Morgan fingerprint density at radius 1 is 1.05 bits per heavy atom. The largest absolute Gasteiger partial charge is 0.495 e. The predicted molar refractivity (Wildman–Crippen MR) is 85.6 cm³/mol. The summed E-state index contributed by atoms with van der Waals surface area (Å²) < 4.78 is 5.40. The van der Waals surface area contributed by atoms with Gasteiger partial charge in [0.2, 0.25) is 0 Å². The molecule has 0 bridgehead atoms. The number of methoxy groups -OCH3 is 1. The Bertz CT molecular complexity index is 527. The number of benzene rings is 1. The van der Waals surface area contributed by atoms with Crippen LogP contribution in [0.5, 0.6) is 5.75 Å². The molecule has 1 aromatic heterocycles. The zero-order valence-electron chi connectivity index (χ0n) is 12.9. The average Bonchev–Trinajstić information content (AvgIpc) is 2.94. The topological polar surface area (TPSA) is 28.3 Å². The molecule has 0 saturated heterocycles. The molecule has 1 heterocycles. The number of nitrogens with zero attached hydrogens (tertiary/aromatic N) is 1. The number of hydrogen-bond acceptors (Lipinski definition) is 2. The minimum atomic E-state index is 0.924. The fourth-order valence-electron chi connectivity index (χ4n) is 2.82. The number of aromatic nitrogens is 1. The molecule has 0 spiro atoms. The highest BCUT2D eigenvalue weighted by Gasteiger charge is 2.09. The van der Waals surface area contributed by atoms with Gasteiger partial charge < -0.3 is 14.6 Å². The fraction of sp³-hybridized carbons (Fsp3) is 0.529. The van der Waals surface area contributed by atoms with Crippen LogP contribution in [-0.4, -0.2) is 36.6 Å². The van der Waals surface area contributed by atoms with Crippen LogP contribution in [0.4, 0.5) is 0 Å². The van der Waals surface area contributed by atoms with Crippen LogP contribution in [0.3, 0.4) is 0 Å². The first-order chi connectivity index (χ1) is 9.80. The Balaban J connectivity index is 2.11. The second kappa shape index (κ2) is 7.34. The third-order valence-corrected chi connectivity index (χ3v) is 3.77. The van der Waals surface area contributed by atoms with E-state index in [4.69, 9.17) is 4.74 Å². The van der Waals surface area contributed by atoms with E-state index in [1.165, 1.54) is 36.9 Å². The van der Waals surface area contributed by atoms with Gasteiger partial charge in [0.15, 0.2) is 0 Å². The van der Waals surface area contributed by atoms with E-state index in [-0.39, 0.29) is 0 Å². The molecule has 1 N–H and O–H groups in total. The van der Waals surface area contributed by atoms with Crippen molar-refractivity contribution < 1.29 is 4.74 Å². The monoisotopic (exact) mass is 274 g/mol. The van der Waals surface area contributed by atoms with E-state index in [0.29, 0.717) is 0 Å². The molecule has 0 aliphatic carbocycles. The van der Waals surface area contributed by atoms with Gasteiger partial charge in [-0.05, 0) is 50.0 Å². The fourth-order valence-corrected chi connectivity index (χ4v) is 2.82. The van der Waals surface area contributed by atoms with E-state index in [1.54, 1.807) is 7.11 Å². The van der Waals surface area contributed by atoms with Crippen molar-refractivity contribution in [3.8, 4) is 5.75 Å². The maximum Gasteiger partial charge on any atom is 0.142 e. The summed E-state index contributed by atoms with van der Waals surface area (Å²) in [6.07, 6.45) is 5.54. The Labute approximate surface area is 121 Å². The number of fused-ring (bicyclic) bond motifs is 1. The first-order valence-electron chi connectivity index (χ1n) is 7.65. The predicted octanol–water partition coefficient (Wildman–Crippen LogP) is 3.84. The Kier molecular flexibility index (Phi) is 5.48. The standard InChI is InChI=1S/C17H26N2O/c1-4-11-19(12-5-2)13-9-14-6-7-16(20-3)17-15(14)8-10-18-17/h6-8,10,18H,4-5,9,11-13H2,1-3H3. The molecule has 110 valence electrons. The number of rotatable bonds is 8. The van der Waals surface area contributed by atoms with Crippen LogP contribution in [0, 0.1) is 0 Å². The Morgan fingerprint density at radius 2 is 1.80 bits per heavy atom. The van der Waals surface area contributed by atoms with Gasteiger partial charge >= 0.3 is 0 Å². The van der Waals surface area contributed by atoms with Gasteiger partial charge in [0.05, 0.1) is 12.6 Å². The van der Waals surface area contributed by atoms with Crippen molar-refractivity contribution in [3.05, 3.63) is 30.0 Å². The molecule has 2 aromatic rings. The van der Waals surface area contributed by atoms with E-state index in [1.807, 2.05) is 6.20 Å². The molecule has 0 unspecified atom stereocenters. The zero-order chi connectivity index (χ0) is 14.4. The average molecular weight is 274 g/mol. The summed E-state index contributed by atoms with van der Waals surface area (Å²) in [5, 5.41) is 1.29. The summed E-state index contributed by atoms with van der Waals surface area (Å²) in [5.74, 6) is 0.924. The molecule has 2 rings (SSSR count). The van der Waals surface area contributed by atoms with Gasteiger partial charge in [-0.25, -0.2) is 0 Å². The lowest BCUT2D eigenvalue weighted by Gasteiger charge is -2.21. The molecule has 0 saturated carbocycles. The van der Waals surface area contributed by atoms with Crippen LogP contribution >= 0.6 is 0 Å². The Morgan fingerprint density at radius 3 is 2.45 bits per heavy atom. The smallest absolute Gasteiger partial charge is 0.142 e. The number of hydrogen-bond donors (Lipinski definition) is 1. The molecule has 0 radical (unpaired) electrons. The van der Waals surface area contributed by atoms with Crippen molar-refractivity contribution in [2.45, 2.75) is 33.1 Å². The van der Waals surface area contributed by atoms with Crippen molar-refractivity contribution in [1.29, 1.82) is 0 Å². The number of nitrogens with one attached hydrogen (secondary N) is 1. The van der Waals surface area contributed by atoms with Crippen molar-refractivity contribution in [1.82, 2.24) is 9.88 Å². The van der Waals surface area contributed by atoms with Crippen LogP contribution in [0.2, 0.25) is 0 Å². The molecule has 0 amide bonds. The molecular formula is C17H26N2O. The van der Waals surface area contributed by atoms with Crippen LogP contribution in [-0.2, 0) is 6.42 Å². The molecule has 0 aliphatic heterocycles. The molecule has 3 heteroatoms. The first-order valence-corrected chi connectivity index (χ1v) is 7.65. The molecule has 0 aliphatic rings. The van der Waals surface area contributed by atoms with Crippen LogP contribution in [0.15, 0.2) is 24.4 Å². The molecule has 3 nitrogen and oxygen atoms in total. The zero-order valence-corrected chi connectivity index (χ0v) is 12.9. The minimum absolute atomic E-state index is 0.924. The third kappa shape index (κ3) is 3.34. The van der Waals surface area contributed by atoms with E-state index in [0.717, 1.165) is 24.2 Å².